The van der Waals surface area contributed by atoms with E-state index in [1.165, 1.54) is 28.7 Å². The maximum Gasteiger partial charge on any atom is 0.250 e. The van der Waals surface area contributed by atoms with Crippen LogP contribution in [0, 0.1) is 13.8 Å². The summed E-state index contributed by atoms with van der Waals surface area (Å²) < 4.78 is 12.1. The molecule has 3 aromatic rings. The van der Waals surface area contributed by atoms with Gasteiger partial charge in [-0.15, -0.1) is 10.2 Å². The van der Waals surface area contributed by atoms with Crippen LogP contribution in [0.4, 0.5) is 0 Å². The number of rotatable bonds is 9. The highest BCUT2D eigenvalue weighted by Crippen LogP contribution is 2.28. The summed E-state index contributed by atoms with van der Waals surface area (Å²) in [7, 11) is 1.59. The van der Waals surface area contributed by atoms with Crippen molar-refractivity contribution in [1.82, 2.24) is 15.6 Å². The fourth-order valence-corrected chi connectivity index (χ4v) is 4.09. The number of hydrazone groups is 1. The van der Waals surface area contributed by atoms with Crippen molar-refractivity contribution in [3.05, 3.63) is 64.2 Å². The SMILES string of the molecule is COc1cc(/C=N/NC(=O)CSc2nnc(C)s2)ccc1OCc1ccccc1C. The Labute approximate surface area is 183 Å². The van der Waals surface area contributed by atoms with E-state index in [4.69, 9.17) is 9.47 Å². The summed E-state index contributed by atoms with van der Waals surface area (Å²) in [5.41, 5.74) is 5.58. The number of carbonyl (C=O) groups is 1. The molecule has 9 heteroatoms. The van der Waals surface area contributed by atoms with Crippen LogP contribution in [0.3, 0.4) is 0 Å². The van der Waals surface area contributed by atoms with Crippen molar-refractivity contribution in [3.8, 4) is 11.5 Å². The molecule has 0 aliphatic heterocycles. The predicted octanol–water partition coefficient (Wildman–Crippen LogP) is 3.98. The van der Waals surface area contributed by atoms with Crippen molar-refractivity contribution >= 4 is 35.2 Å². The molecule has 156 valence electrons. The number of nitrogens with zero attached hydrogens (tertiary/aromatic N) is 3. The monoisotopic (exact) mass is 442 g/mol. The van der Waals surface area contributed by atoms with Crippen LogP contribution in [0.25, 0.3) is 0 Å². The molecule has 1 amide bonds. The Kier molecular flexibility index (Phi) is 7.81. The molecular formula is C21H22N4O3S2. The molecule has 2 aromatic carbocycles. The van der Waals surface area contributed by atoms with Crippen LogP contribution in [0.5, 0.6) is 11.5 Å². The summed E-state index contributed by atoms with van der Waals surface area (Å²) in [6.45, 7) is 4.38. The second-order valence-corrected chi connectivity index (χ2v) is 8.70. The lowest BCUT2D eigenvalue weighted by Crippen LogP contribution is -2.19. The summed E-state index contributed by atoms with van der Waals surface area (Å²) in [6.07, 6.45) is 1.56. The minimum absolute atomic E-state index is 0.214. The second-order valence-electron chi connectivity index (χ2n) is 6.29. The van der Waals surface area contributed by atoms with Crippen LogP contribution >= 0.6 is 23.1 Å². The number of benzene rings is 2. The van der Waals surface area contributed by atoms with Gasteiger partial charge in [-0.2, -0.15) is 5.10 Å². The molecular weight excluding hydrogens is 420 g/mol. The number of hydrogen-bond donors (Lipinski definition) is 1. The van der Waals surface area contributed by atoms with E-state index in [1.807, 2.05) is 43.3 Å². The highest BCUT2D eigenvalue weighted by molar-refractivity contribution is 8.01. The first kappa shape index (κ1) is 21.8. The van der Waals surface area contributed by atoms with Crippen molar-refractivity contribution in [3.63, 3.8) is 0 Å². The van der Waals surface area contributed by atoms with Crippen molar-refractivity contribution in [1.29, 1.82) is 0 Å². The first-order valence-corrected chi connectivity index (χ1v) is 11.0. The Morgan fingerprint density at radius 1 is 1.20 bits per heavy atom. The lowest BCUT2D eigenvalue weighted by atomic mass is 10.1. The second kappa shape index (κ2) is 10.7. The van der Waals surface area contributed by atoms with Crippen molar-refractivity contribution in [2.24, 2.45) is 5.10 Å². The number of amides is 1. The normalized spacial score (nSPS) is 10.9. The molecule has 0 saturated heterocycles. The van der Waals surface area contributed by atoms with Crippen molar-refractivity contribution < 1.29 is 14.3 Å². The Morgan fingerprint density at radius 2 is 2.03 bits per heavy atom. The number of ether oxygens (including phenoxy) is 2. The minimum Gasteiger partial charge on any atom is -0.493 e. The van der Waals surface area contributed by atoms with Crippen LogP contribution in [0.15, 0.2) is 51.9 Å². The van der Waals surface area contributed by atoms with Gasteiger partial charge in [0.25, 0.3) is 5.91 Å². The Balaban J connectivity index is 1.53. The summed E-state index contributed by atoms with van der Waals surface area (Å²) in [5, 5.41) is 12.8. The predicted molar refractivity (Wildman–Crippen MR) is 120 cm³/mol. The fourth-order valence-electron chi connectivity index (χ4n) is 2.49. The van der Waals surface area contributed by atoms with Crippen LogP contribution < -0.4 is 14.9 Å². The molecule has 0 aliphatic rings. The molecule has 3 rings (SSSR count). The Hall–Kier alpha value is -2.91. The number of hydrogen-bond acceptors (Lipinski definition) is 8. The lowest BCUT2D eigenvalue weighted by molar-refractivity contribution is -0.118. The first-order valence-electron chi connectivity index (χ1n) is 9.15. The van der Waals surface area contributed by atoms with Crippen LogP contribution in [-0.2, 0) is 11.4 Å². The van der Waals surface area contributed by atoms with Crippen LogP contribution in [0.1, 0.15) is 21.7 Å². The molecule has 1 N–H and O–H groups in total. The van der Waals surface area contributed by atoms with Gasteiger partial charge in [0.1, 0.15) is 11.6 Å². The van der Waals surface area contributed by atoms with E-state index < -0.39 is 0 Å². The van der Waals surface area contributed by atoms with Gasteiger partial charge in [-0.1, -0.05) is 47.4 Å². The third-order valence-corrected chi connectivity index (χ3v) is 6.04. The molecule has 0 fully saturated rings. The number of aromatic nitrogens is 2. The first-order chi connectivity index (χ1) is 14.5. The summed E-state index contributed by atoms with van der Waals surface area (Å²) in [6, 6.07) is 13.6. The molecule has 0 radical (unpaired) electrons. The van der Waals surface area contributed by atoms with Crippen LogP contribution in [-0.4, -0.2) is 35.2 Å². The van der Waals surface area contributed by atoms with E-state index in [2.05, 4.69) is 33.7 Å². The minimum atomic E-state index is -0.214. The number of methoxy groups -OCH3 is 1. The van der Waals surface area contributed by atoms with E-state index in [9.17, 15) is 4.79 Å². The molecule has 1 heterocycles. The van der Waals surface area contributed by atoms with Crippen LogP contribution in [0.2, 0.25) is 0 Å². The molecule has 0 aliphatic carbocycles. The third-order valence-electron chi connectivity index (χ3n) is 4.07. The number of carbonyl (C=O) groups excluding carboxylic acids is 1. The van der Waals surface area contributed by atoms with Crippen molar-refractivity contribution in [2.75, 3.05) is 12.9 Å². The maximum absolute atomic E-state index is 11.9. The third kappa shape index (κ3) is 6.30. The molecule has 7 nitrogen and oxygen atoms in total. The average molecular weight is 443 g/mol. The highest BCUT2D eigenvalue weighted by atomic mass is 32.2. The summed E-state index contributed by atoms with van der Waals surface area (Å²) >= 11 is 2.79. The zero-order valence-electron chi connectivity index (χ0n) is 16.9. The van der Waals surface area contributed by atoms with E-state index >= 15 is 0 Å². The van der Waals surface area contributed by atoms with Gasteiger partial charge in [0.05, 0.1) is 19.1 Å². The molecule has 0 spiro atoms. The van der Waals surface area contributed by atoms with Gasteiger partial charge in [-0.05, 0) is 48.7 Å². The maximum atomic E-state index is 11.9. The zero-order chi connectivity index (χ0) is 21.3. The van der Waals surface area contributed by atoms with Gasteiger partial charge in [0.15, 0.2) is 15.8 Å². The molecule has 0 unspecified atom stereocenters. The molecule has 0 saturated carbocycles. The largest absolute Gasteiger partial charge is 0.493 e. The number of aryl methyl sites for hydroxylation is 2. The van der Waals surface area contributed by atoms with Gasteiger partial charge < -0.3 is 9.47 Å². The van der Waals surface area contributed by atoms with E-state index in [1.54, 1.807) is 13.3 Å². The fraction of sp³-hybridized carbons (Fsp3) is 0.238. The van der Waals surface area contributed by atoms with Gasteiger partial charge in [-0.3, -0.25) is 4.79 Å². The smallest absolute Gasteiger partial charge is 0.250 e. The van der Waals surface area contributed by atoms with E-state index in [-0.39, 0.29) is 11.7 Å². The standard InChI is InChI=1S/C21H22N4O3S2/c1-14-6-4-5-7-17(14)12-28-18-9-8-16(10-19(18)27-3)11-22-24-20(26)13-29-21-25-23-15(2)30-21/h4-11H,12-13H2,1-3H3,(H,24,26)/b22-11+. The zero-order valence-corrected chi connectivity index (χ0v) is 18.5. The average Bonchev–Trinajstić information content (AvgIpc) is 3.17. The Morgan fingerprint density at radius 3 is 2.77 bits per heavy atom. The Bertz CT molecular complexity index is 1040. The van der Waals surface area contributed by atoms with E-state index in [0.29, 0.717) is 18.1 Å². The lowest BCUT2D eigenvalue weighted by Gasteiger charge is -2.12. The molecule has 0 atom stereocenters. The van der Waals surface area contributed by atoms with Gasteiger partial charge in [-0.25, -0.2) is 5.43 Å². The summed E-state index contributed by atoms with van der Waals surface area (Å²) in [5.74, 6) is 1.25. The number of nitrogens with one attached hydrogen (secondary N) is 1. The summed E-state index contributed by atoms with van der Waals surface area (Å²) in [4.78, 5) is 11.9. The molecule has 1 aromatic heterocycles. The van der Waals surface area contributed by atoms with E-state index in [0.717, 1.165) is 20.5 Å². The highest BCUT2D eigenvalue weighted by Gasteiger charge is 2.08. The number of thioether (sulfide) groups is 1. The van der Waals surface area contributed by atoms with Gasteiger partial charge in [0, 0.05) is 0 Å². The van der Waals surface area contributed by atoms with Gasteiger partial charge in [0.2, 0.25) is 0 Å². The van der Waals surface area contributed by atoms with Gasteiger partial charge >= 0.3 is 0 Å². The quantitative estimate of drug-likeness (QED) is 0.306. The molecule has 30 heavy (non-hydrogen) atoms. The topological polar surface area (TPSA) is 85.7 Å². The van der Waals surface area contributed by atoms with Crippen molar-refractivity contribution in [2.45, 2.75) is 24.8 Å². The molecule has 0 bridgehead atoms.